The molecule has 6 nitrogen and oxygen atoms in total. The maximum absolute atomic E-state index is 12.5. The predicted molar refractivity (Wildman–Crippen MR) is 104 cm³/mol. The first-order valence-electron chi connectivity index (χ1n) is 8.09. The summed E-state index contributed by atoms with van der Waals surface area (Å²) in [5.74, 6) is -0.430. The van der Waals surface area contributed by atoms with Crippen LogP contribution in [0.15, 0.2) is 27.6 Å². The maximum Gasteiger partial charge on any atom is 0.328 e. The van der Waals surface area contributed by atoms with E-state index in [1.54, 1.807) is 12.1 Å². The SMILES string of the molecule is CC[C@@H](C)Oc1ccc(/C=C2/SC(=O)N([C@H](C)C(=O)OC)C2=O)cc1Br. The number of carbonyl (C=O) groups is 3. The Morgan fingerprint density at radius 1 is 1.35 bits per heavy atom. The molecule has 0 spiro atoms. The van der Waals surface area contributed by atoms with Gasteiger partial charge in [-0.05, 0) is 71.7 Å². The third kappa shape index (κ3) is 4.48. The van der Waals surface area contributed by atoms with Gasteiger partial charge in [-0.25, -0.2) is 4.79 Å². The van der Waals surface area contributed by atoms with Gasteiger partial charge in [-0.1, -0.05) is 13.0 Å². The summed E-state index contributed by atoms with van der Waals surface area (Å²) in [6, 6.07) is 4.47. The molecule has 2 rings (SSSR count). The Morgan fingerprint density at radius 3 is 2.62 bits per heavy atom. The molecule has 2 amide bonds. The Balaban J connectivity index is 2.22. The molecular weight excluding hydrogens is 422 g/mol. The van der Waals surface area contributed by atoms with E-state index in [2.05, 4.69) is 20.7 Å². The summed E-state index contributed by atoms with van der Waals surface area (Å²) in [5, 5.41) is -0.491. The zero-order valence-corrected chi connectivity index (χ0v) is 17.3. The topological polar surface area (TPSA) is 72.9 Å². The van der Waals surface area contributed by atoms with E-state index >= 15 is 0 Å². The van der Waals surface area contributed by atoms with Crippen LogP contribution >= 0.6 is 27.7 Å². The highest BCUT2D eigenvalue weighted by atomic mass is 79.9. The Morgan fingerprint density at radius 2 is 2.04 bits per heavy atom. The van der Waals surface area contributed by atoms with Crippen molar-refractivity contribution < 1.29 is 23.9 Å². The van der Waals surface area contributed by atoms with Crippen molar-refractivity contribution in [1.82, 2.24) is 4.90 Å². The van der Waals surface area contributed by atoms with Crippen LogP contribution in [0.5, 0.6) is 5.75 Å². The molecule has 140 valence electrons. The number of hydrogen-bond acceptors (Lipinski definition) is 6. The molecule has 26 heavy (non-hydrogen) atoms. The van der Waals surface area contributed by atoms with E-state index in [1.165, 1.54) is 14.0 Å². The van der Waals surface area contributed by atoms with Crippen LogP contribution in [0.1, 0.15) is 32.8 Å². The number of nitrogens with zero attached hydrogens (tertiary/aromatic N) is 1. The summed E-state index contributed by atoms with van der Waals surface area (Å²) >= 11 is 4.26. The fourth-order valence-electron chi connectivity index (χ4n) is 2.24. The molecule has 1 saturated heterocycles. The molecule has 2 atom stereocenters. The van der Waals surface area contributed by atoms with Crippen LogP contribution in [0.25, 0.3) is 6.08 Å². The number of carbonyl (C=O) groups excluding carboxylic acids is 3. The molecular formula is C18H20BrNO5S. The minimum atomic E-state index is -0.962. The van der Waals surface area contributed by atoms with E-state index in [9.17, 15) is 14.4 Å². The molecule has 0 aliphatic carbocycles. The highest BCUT2D eigenvalue weighted by Gasteiger charge is 2.41. The van der Waals surface area contributed by atoms with Gasteiger partial charge in [0.15, 0.2) is 0 Å². The summed E-state index contributed by atoms with van der Waals surface area (Å²) in [4.78, 5) is 37.4. The summed E-state index contributed by atoms with van der Waals surface area (Å²) < 4.78 is 11.2. The first kappa shape index (κ1) is 20.5. The van der Waals surface area contributed by atoms with Crippen LogP contribution in [0.3, 0.4) is 0 Å². The fourth-order valence-corrected chi connectivity index (χ4v) is 3.64. The van der Waals surface area contributed by atoms with Crippen molar-refractivity contribution in [2.75, 3.05) is 7.11 Å². The molecule has 0 N–H and O–H groups in total. The lowest BCUT2D eigenvalue weighted by Gasteiger charge is -2.18. The van der Waals surface area contributed by atoms with Gasteiger partial charge in [-0.3, -0.25) is 14.5 Å². The van der Waals surface area contributed by atoms with Crippen molar-refractivity contribution in [3.05, 3.63) is 33.1 Å². The van der Waals surface area contributed by atoms with Crippen LogP contribution in [0.4, 0.5) is 4.79 Å². The second kappa shape index (κ2) is 8.73. The van der Waals surface area contributed by atoms with Crippen LogP contribution in [-0.4, -0.2) is 41.3 Å². The summed E-state index contributed by atoms with van der Waals surface area (Å²) in [6.07, 6.45) is 2.60. The predicted octanol–water partition coefficient (Wildman–Crippen LogP) is 4.22. The molecule has 1 heterocycles. The lowest BCUT2D eigenvalue weighted by atomic mass is 10.2. The highest BCUT2D eigenvalue weighted by Crippen LogP contribution is 2.35. The number of methoxy groups -OCH3 is 1. The molecule has 1 aromatic carbocycles. The molecule has 1 fully saturated rings. The number of benzene rings is 1. The normalized spacial score (nSPS) is 18.2. The third-order valence-electron chi connectivity index (χ3n) is 3.91. The van der Waals surface area contributed by atoms with Crippen LogP contribution in [-0.2, 0) is 14.3 Å². The van der Waals surface area contributed by atoms with Crippen molar-refractivity contribution in [1.29, 1.82) is 0 Å². The Bertz CT molecular complexity index is 764. The molecule has 0 saturated carbocycles. The van der Waals surface area contributed by atoms with Gasteiger partial charge < -0.3 is 9.47 Å². The molecule has 1 aliphatic rings. The molecule has 0 unspecified atom stereocenters. The van der Waals surface area contributed by atoms with Gasteiger partial charge in [0.05, 0.1) is 22.6 Å². The minimum absolute atomic E-state index is 0.0912. The second-order valence-electron chi connectivity index (χ2n) is 5.78. The van der Waals surface area contributed by atoms with E-state index in [0.717, 1.165) is 33.1 Å². The molecule has 0 bridgehead atoms. The summed E-state index contributed by atoms with van der Waals surface area (Å²) in [5.41, 5.74) is 0.740. The Labute approximate surface area is 165 Å². The number of imide groups is 1. The van der Waals surface area contributed by atoms with Gasteiger partial charge >= 0.3 is 5.97 Å². The van der Waals surface area contributed by atoms with E-state index < -0.39 is 23.2 Å². The van der Waals surface area contributed by atoms with Gasteiger partial charge in [0.1, 0.15) is 11.8 Å². The number of rotatable bonds is 6. The molecule has 1 aromatic rings. The number of hydrogen-bond donors (Lipinski definition) is 0. The highest BCUT2D eigenvalue weighted by molar-refractivity contribution is 9.10. The van der Waals surface area contributed by atoms with Crippen molar-refractivity contribution in [2.45, 2.75) is 39.3 Å². The van der Waals surface area contributed by atoms with Gasteiger partial charge in [-0.2, -0.15) is 0 Å². The smallest absolute Gasteiger partial charge is 0.328 e. The molecule has 0 radical (unpaired) electrons. The Kier molecular flexibility index (Phi) is 6.88. The average Bonchev–Trinajstić information content (AvgIpc) is 2.89. The lowest BCUT2D eigenvalue weighted by Crippen LogP contribution is -2.42. The number of ether oxygens (including phenoxy) is 2. The van der Waals surface area contributed by atoms with Crippen molar-refractivity contribution in [2.24, 2.45) is 0 Å². The fraction of sp³-hybridized carbons (Fsp3) is 0.389. The largest absolute Gasteiger partial charge is 0.490 e. The number of esters is 1. The first-order chi connectivity index (χ1) is 12.3. The monoisotopic (exact) mass is 441 g/mol. The van der Waals surface area contributed by atoms with E-state index in [-0.39, 0.29) is 11.0 Å². The minimum Gasteiger partial charge on any atom is -0.490 e. The maximum atomic E-state index is 12.5. The van der Waals surface area contributed by atoms with Gasteiger partial charge in [-0.15, -0.1) is 0 Å². The van der Waals surface area contributed by atoms with Gasteiger partial charge in [0.25, 0.3) is 11.1 Å². The lowest BCUT2D eigenvalue weighted by molar-refractivity contribution is -0.148. The summed E-state index contributed by atoms with van der Waals surface area (Å²) in [7, 11) is 1.22. The third-order valence-corrected chi connectivity index (χ3v) is 5.41. The number of halogens is 1. The second-order valence-corrected chi connectivity index (χ2v) is 7.62. The van der Waals surface area contributed by atoms with Crippen molar-refractivity contribution in [3.8, 4) is 5.75 Å². The average molecular weight is 442 g/mol. The van der Waals surface area contributed by atoms with Crippen LogP contribution in [0.2, 0.25) is 0 Å². The zero-order valence-electron chi connectivity index (χ0n) is 14.9. The quantitative estimate of drug-likeness (QED) is 0.485. The number of thioether (sulfide) groups is 1. The zero-order chi connectivity index (χ0) is 19.4. The molecule has 1 aliphatic heterocycles. The van der Waals surface area contributed by atoms with E-state index in [4.69, 9.17) is 4.74 Å². The van der Waals surface area contributed by atoms with Crippen LogP contribution < -0.4 is 4.74 Å². The van der Waals surface area contributed by atoms with Crippen molar-refractivity contribution in [3.63, 3.8) is 0 Å². The Hall–Kier alpha value is -1.80. The number of amides is 2. The van der Waals surface area contributed by atoms with E-state index in [1.807, 2.05) is 26.0 Å². The standard InChI is InChI=1S/C18H20BrNO5S/c1-5-10(2)25-14-7-6-12(8-13(14)19)9-15-16(21)20(18(23)26-15)11(3)17(22)24-4/h6-11H,5H2,1-4H3/b15-9+/t10-,11-/m1/s1. The van der Waals surface area contributed by atoms with Crippen molar-refractivity contribution >= 4 is 50.9 Å². The van der Waals surface area contributed by atoms with Gasteiger partial charge in [0, 0.05) is 0 Å². The molecule has 0 aromatic heterocycles. The van der Waals surface area contributed by atoms with Gasteiger partial charge in [0.2, 0.25) is 0 Å². The van der Waals surface area contributed by atoms with Crippen LogP contribution in [0, 0.1) is 0 Å². The van der Waals surface area contributed by atoms with E-state index in [0.29, 0.717) is 5.75 Å². The first-order valence-corrected chi connectivity index (χ1v) is 9.70. The molecule has 8 heteroatoms. The summed E-state index contributed by atoms with van der Waals surface area (Å²) in [6.45, 7) is 5.49.